The van der Waals surface area contributed by atoms with Crippen LogP contribution in [0.4, 0.5) is 5.82 Å². The van der Waals surface area contributed by atoms with E-state index < -0.39 is 5.60 Å². The molecule has 10 nitrogen and oxygen atoms in total. The van der Waals surface area contributed by atoms with Crippen molar-refractivity contribution in [3.05, 3.63) is 59.5 Å². The number of amides is 1. The number of piperidine rings is 1. The number of fused-ring (bicyclic) bond motifs is 1. The topological polar surface area (TPSA) is 106 Å². The molecule has 0 aliphatic carbocycles. The van der Waals surface area contributed by atoms with Crippen molar-refractivity contribution >= 4 is 17.7 Å². The van der Waals surface area contributed by atoms with Gasteiger partial charge in [0.15, 0.2) is 6.33 Å². The van der Waals surface area contributed by atoms with Gasteiger partial charge in [0, 0.05) is 37.4 Å². The first kappa shape index (κ1) is 22.0. The highest BCUT2D eigenvalue weighted by atomic mass is 16.6. The van der Waals surface area contributed by atoms with E-state index in [1.165, 1.54) is 11.1 Å². The second kappa shape index (κ2) is 8.19. The van der Waals surface area contributed by atoms with Gasteiger partial charge in [-0.05, 0) is 57.0 Å². The van der Waals surface area contributed by atoms with E-state index in [-0.39, 0.29) is 24.0 Å². The lowest BCUT2D eigenvalue weighted by atomic mass is 9.95. The number of pyridine rings is 1. The van der Waals surface area contributed by atoms with Crippen molar-refractivity contribution in [2.75, 3.05) is 18.5 Å². The molecule has 34 heavy (non-hydrogen) atoms. The summed E-state index contributed by atoms with van der Waals surface area (Å²) in [5.41, 5.74) is 1.75. The summed E-state index contributed by atoms with van der Waals surface area (Å²) in [6.45, 7) is 6.32. The summed E-state index contributed by atoms with van der Waals surface area (Å²) >= 11 is 0. The van der Waals surface area contributed by atoms with Gasteiger partial charge < -0.3 is 14.5 Å². The van der Waals surface area contributed by atoms with E-state index in [9.17, 15) is 9.59 Å². The molecule has 2 atom stereocenters. The average Bonchev–Trinajstić information content (AvgIpc) is 3.45. The molecule has 176 valence electrons. The third-order valence-electron chi connectivity index (χ3n) is 6.83. The fraction of sp³-hybridized carbons (Fsp3) is 0.417. The van der Waals surface area contributed by atoms with Crippen LogP contribution in [0.25, 0.3) is 5.69 Å². The van der Waals surface area contributed by atoms with Crippen LogP contribution < -0.4 is 4.90 Å². The summed E-state index contributed by atoms with van der Waals surface area (Å²) < 4.78 is 5.59. The molecule has 1 aromatic carbocycles. The first-order valence-corrected chi connectivity index (χ1v) is 11.4. The van der Waals surface area contributed by atoms with Gasteiger partial charge in [0.1, 0.15) is 22.7 Å². The molecule has 3 aromatic rings. The molecule has 2 aliphatic rings. The van der Waals surface area contributed by atoms with Gasteiger partial charge in [-0.15, -0.1) is 15.0 Å². The Labute approximate surface area is 197 Å². The summed E-state index contributed by atoms with van der Waals surface area (Å²) in [5.74, 6) is 0.138. The lowest BCUT2D eigenvalue weighted by Crippen LogP contribution is -2.53. The summed E-state index contributed by atoms with van der Waals surface area (Å²) in [5, 5.41) is 11.8. The zero-order valence-electron chi connectivity index (χ0n) is 19.7. The molecule has 0 spiro atoms. The Morgan fingerprint density at radius 2 is 2.00 bits per heavy atom. The number of ether oxygens (including phenoxy) is 1. The van der Waals surface area contributed by atoms with Crippen LogP contribution in [0, 0.1) is 0 Å². The number of para-hydroxylation sites is 1. The third-order valence-corrected chi connectivity index (χ3v) is 6.83. The summed E-state index contributed by atoms with van der Waals surface area (Å²) in [6, 6.07) is 9.15. The number of hydrogen-bond donors (Lipinski definition) is 0. The first-order valence-electron chi connectivity index (χ1n) is 11.4. The van der Waals surface area contributed by atoms with Crippen molar-refractivity contribution < 1.29 is 14.3 Å². The van der Waals surface area contributed by atoms with E-state index in [1.54, 1.807) is 18.3 Å². The fourth-order valence-electron chi connectivity index (χ4n) is 4.88. The van der Waals surface area contributed by atoms with Gasteiger partial charge in [0.2, 0.25) is 0 Å². The number of anilines is 1. The van der Waals surface area contributed by atoms with Gasteiger partial charge >= 0.3 is 5.97 Å². The molecule has 0 saturated carbocycles. The number of carbonyl (C=O) groups is 2. The highest BCUT2D eigenvalue weighted by Crippen LogP contribution is 2.40. The van der Waals surface area contributed by atoms with Crippen LogP contribution in [-0.2, 0) is 10.3 Å². The predicted octanol–water partition coefficient (Wildman–Crippen LogP) is 2.59. The molecule has 4 heterocycles. The molecule has 1 fully saturated rings. The van der Waals surface area contributed by atoms with Crippen LogP contribution in [0.1, 0.15) is 59.9 Å². The average molecular weight is 462 g/mol. The number of aromatic nitrogens is 5. The summed E-state index contributed by atoms with van der Waals surface area (Å²) in [4.78, 5) is 36.1. The molecule has 5 rings (SSSR count). The third kappa shape index (κ3) is 3.59. The van der Waals surface area contributed by atoms with Gasteiger partial charge in [-0.1, -0.05) is 12.1 Å². The predicted molar refractivity (Wildman–Crippen MR) is 124 cm³/mol. The van der Waals surface area contributed by atoms with Crippen LogP contribution in [0.5, 0.6) is 0 Å². The second-order valence-electron chi connectivity index (χ2n) is 9.35. The van der Waals surface area contributed by atoms with Crippen molar-refractivity contribution in [1.82, 2.24) is 30.1 Å². The Morgan fingerprint density at radius 3 is 2.76 bits per heavy atom. The second-order valence-corrected chi connectivity index (χ2v) is 9.35. The fourth-order valence-corrected chi connectivity index (χ4v) is 4.88. The first-order chi connectivity index (χ1) is 16.3. The molecule has 2 aromatic heterocycles. The Kier molecular flexibility index (Phi) is 5.30. The molecular weight excluding hydrogens is 434 g/mol. The van der Waals surface area contributed by atoms with Crippen molar-refractivity contribution in [1.29, 1.82) is 0 Å². The number of cyclic esters (lactones) is 1. The molecule has 10 heteroatoms. The van der Waals surface area contributed by atoms with Crippen molar-refractivity contribution in [2.45, 2.75) is 51.3 Å². The smallest absolute Gasteiger partial charge is 0.343 e. The Morgan fingerprint density at radius 1 is 1.21 bits per heavy atom. The highest BCUT2D eigenvalue weighted by molar-refractivity contribution is 6.00. The van der Waals surface area contributed by atoms with E-state index in [0.29, 0.717) is 29.2 Å². The van der Waals surface area contributed by atoms with E-state index in [4.69, 9.17) is 4.74 Å². The normalized spacial score (nSPS) is 21.2. The van der Waals surface area contributed by atoms with E-state index in [2.05, 4.69) is 27.3 Å². The van der Waals surface area contributed by atoms with Crippen molar-refractivity contribution in [2.24, 2.45) is 0 Å². The molecule has 1 saturated heterocycles. The van der Waals surface area contributed by atoms with E-state index in [1.807, 2.05) is 48.9 Å². The zero-order valence-corrected chi connectivity index (χ0v) is 19.7. The van der Waals surface area contributed by atoms with Gasteiger partial charge in [-0.3, -0.25) is 4.79 Å². The van der Waals surface area contributed by atoms with Crippen LogP contribution in [0.3, 0.4) is 0 Å². The number of benzene rings is 1. The number of likely N-dealkylation sites (N-methyl/N-ethyl adjacent to an activating group) is 1. The molecule has 2 aliphatic heterocycles. The van der Waals surface area contributed by atoms with Gasteiger partial charge in [0.05, 0.1) is 5.56 Å². The number of hydrogen-bond acceptors (Lipinski definition) is 8. The van der Waals surface area contributed by atoms with Crippen LogP contribution >= 0.6 is 0 Å². The standard InChI is InChI=1S/C24H27N7O3/c1-15-9-10-16(29(4)21-20-18(11-12-25-21)24(2,3)34-23(20)33)13-30(15)22(32)17-7-5-6-8-19(17)31-27-14-26-28-31/h5-8,11-12,14-16H,9-10,13H2,1-4H3/t15-,16-/m1/s1. The Hall–Kier alpha value is -3.82. The summed E-state index contributed by atoms with van der Waals surface area (Å²) in [7, 11) is 1.93. The molecule has 0 N–H and O–H groups in total. The largest absolute Gasteiger partial charge is 0.451 e. The molecule has 1 amide bonds. The Bertz CT molecular complexity index is 1240. The van der Waals surface area contributed by atoms with Gasteiger partial charge in [0.25, 0.3) is 5.91 Å². The maximum Gasteiger partial charge on any atom is 0.343 e. The highest BCUT2D eigenvalue weighted by Gasteiger charge is 2.42. The minimum Gasteiger partial charge on any atom is -0.451 e. The molecule has 0 unspecified atom stereocenters. The van der Waals surface area contributed by atoms with Gasteiger partial charge in [-0.25, -0.2) is 9.78 Å². The number of rotatable bonds is 4. The number of tetrazole rings is 1. The number of carbonyl (C=O) groups excluding carboxylic acids is 2. The lowest BCUT2D eigenvalue weighted by Gasteiger charge is -2.42. The zero-order chi connectivity index (χ0) is 24.0. The van der Waals surface area contributed by atoms with E-state index in [0.717, 1.165) is 18.4 Å². The van der Waals surface area contributed by atoms with Crippen molar-refractivity contribution in [3.8, 4) is 5.69 Å². The SMILES string of the molecule is C[C@@H]1CC[C@@H](N(C)c2nccc3c2C(=O)OC3(C)C)CN1C(=O)c1ccccc1-n1ncnn1. The lowest BCUT2D eigenvalue weighted by molar-refractivity contribution is 0.00953. The van der Waals surface area contributed by atoms with Crippen molar-refractivity contribution in [3.63, 3.8) is 0 Å². The molecule has 0 bridgehead atoms. The maximum atomic E-state index is 13.7. The number of nitrogens with zero attached hydrogens (tertiary/aromatic N) is 7. The molecule has 0 radical (unpaired) electrons. The minimum absolute atomic E-state index is 0.00711. The Balaban J connectivity index is 1.44. The molecular formula is C24H27N7O3. The van der Waals surface area contributed by atoms with Crippen LogP contribution in [-0.4, -0.2) is 67.6 Å². The van der Waals surface area contributed by atoms with Gasteiger partial charge in [-0.2, -0.15) is 0 Å². The maximum absolute atomic E-state index is 13.7. The number of likely N-dealkylation sites (tertiary alicyclic amines) is 1. The summed E-state index contributed by atoms with van der Waals surface area (Å²) in [6.07, 6.45) is 4.75. The van der Waals surface area contributed by atoms with E-state index >= 15 is 0 Å². The van der Waals surface area contributed by atoms with Crippen LogP contribution in [0.15, 0.2) is 42.9 Å². The monoisotopic (exact) mass is 461 g/mol. The minimum atomic E-state index is -0.687. The quantitative estimate of drug-likeness (QED) is 0.546. The van der Waals surface area contributed by atoms with Crippen LogP contribution in [0.2, 0.25) is 0 Å². The number of esters is 1.